The molecule has 0 aliphatic rings. The molecule has 0 aromatic heterocycles. The van der Waals surface area contributed by atoms with Gasteiger partial charge in [-0.05, 0) is 67.8 Å². The van der Waals surface area contributed by atoms with Crippen molar-refractivity contribution in [3.05, 3.63) is 49.9 Å². The van der Waals surface area contributed by atoms with Gasteiger partial charge in [0.25, 0.3) is 0 Å². The van der Waals surface area contributed by atoms with Gasteiger partial charge >= 0.3 is 0 Å². The summed E-state index contributed by atoms with van der Waals surface area (Å²) < 4.78 is 6.58. The number of hydrogen-bond acceptors (Lipinski definition) is 3. The molecular formula is C14H12Br2ClNO2. The van der Waals surface area contributed by atoms with Gasteiger partial charge < -0.3 is 15.2 Å². The van der Waals surface area contributed by atoms with Crippen molar-refractivity contribution in [2.24, 2.45) is 0 Å². The number of phenolic OH excluding ortho intramolecular Hbond substituents is 1. The van der Waals surface area contributed by atoms with Crippen LogP contribution < -0.4 is 10.1 Å². The van der Waals surface area contributed by atoms with Gasteiger partial charge in [0, 0.05) is 16.7 Å². The first-order chi connectivity index (χ1) is 9.51. The Hall–Kier alpha value is -0.910. The Labute approximate surface area is 139 Å². The molecule has 106 valence electrons. The number of ether oxygens (including phenoxy) is 1. The molecule has 0 unspecified atom stereocenters. The third kappa shape index (κ3) is 3.59. The zero-order valence-electron chi connectivity index (χ0n) is 10.6. The third-order valence-corrected chi connectivity index (χ3v) is 4.56. The zero-order valence-corrected chi connectivity index (χ0v) is 14.5. The minimum Gasteiger partial charge on any atom is -0.503 e. The summed E-state index contributed by atoms with van der Waals surface area (Å²) in [7, 11) is 1.52. The van der Waals surface area contributed by atoms with E-state index in [1.807, 2.05) is 24.3 Å². The van der Waals surface area contributed by atoms with Gasteiger partial charge in [-0.2, -0.15) is 0 Å². The summed E-state index contributed by atoms with van der Waals surface area (Å²) in [6, 6.07) is 9.29. The minimum absolute atomic E-state index is 0.0999. The number of aromatic hydroxyl groups is 1. The van der Waals surface area contributed by atoms with Crippen molar-refractivity contribution >= 4 is 49.1 Å². The molecule has 0 aliphatic carbocycles. The average Bonchev–Trinajstić information content (AvgIpc) is 2.43. The van der Waals surface area contributed by atoms with E-state index in [0.29, 0.717) is 21.8 Å². The second kappa shape index (κ2) is 6.70. The van der Waals surface area contributed by atoms with Gasteiger partial charge in [0.1, 0.15) is 0 Å². The van der Waals surface area contributed by atoms with E-state index in [9.17, 15) is 5.11 Å². The number of phenols is 1. The lowest BCUT2D eigenvalue weighted by molar-refractivity contribution is 0.371. The number of methoxy groups -OCH3 is 1. The average molecular weight is 422 g/mol. The van der Waals surface area contributed by atoms with Crippen molar-refractivity contribution in [1.82, 2.24) is 0 Å². The Bertz CT molecular complexity index is 635. The maximum atomic E-state index is 9.76. The van der Waals surface area contributed by atoms with Crippen LogP contribution in [0.1, 0.15) is 5.56 Å². The van der Waals surface area contributed by atoms with Crippen molar-refractivity contribution in [3.8, 4) is 11.5 Å². The normalized spacial score (nSPS) is 10.4. The Balaban J connectivity index is 2.14. The molecular weight excluding hydrogens is 409 g/mol. The van der Waals surface area contributed by atoms with Crippen LogP contribution in [0.3, 0.4) is 0 Å². The molecule has 20 heavy (non-hydrogen) atoms. The Morgan fingerprint density at radius 2 is 1.95 bits per heavy atom. The van der Waals surface area contributed by atoms with Crippen LogP contribution in [0.4, 0.5) is 5.69 Å². The quantitative estimate of drug-likeness (QED) is 0.714. The molecule has 0 heterocycles. The lowest BCUT2D eigenvalue weighted by Gasteiger charge is -2.11. The Morgan fingerprint density at radius 1 is 1.20 bits per heavy atom. The minimum atomic E-state index is 0.0999. The molecule has 0 bridgehead atoms. The number of rotatable bonds is 4. The van der Waals surface area contributed by atoms with Crippen molar-refractivity contribution in [2.45, 2.75) is 6.54 Å². The zero-order chi connectivity index (χ0) is 14.7. The van der Waals surface area contributed by atoms with Crippen molar-refractivity contribution in [1.29, 1.82) is 0 Å². The van der Waals surface area contributed by atoms with E-state index < -0.39 is 0 Å². The molecule has 0 aliphatic heterocycles. The number of anilines is 1. The lowest BCUT2D eigenvalue weighted by atomic mass is 10.2. The van der Waals surface area contributed by atoms with E-state index in [1.165, 1.54) is 7.11 Å². The van der Waals surface area contributed by atoms with Crippen LogP contribution in [0.2, 0.25) is 5.02 Å². The van der Waals surface area contributed by atoms with Crippen LogP contribution in [0.25, 0.3) is 0 Å². The van der Waals surface area contributed by atoms with Gasteiger partial charge in [-0.15, -0.1) is 0 Å². The highest BCUT2D eigenvalue weighted by Crippen LogP contribution is 2.35. The van der Waals surface area contributed by atoms with Crippen LogP contribution in [0.5, 0.6) is 11.5 Å². The lowest BCUT2D eigenvalue weighted by Crippen LogP contribution is -2.00. The van der Waals surface area contributed by atoms with Gasteiger partial charge in [0.15, 0.2) is 11.5 Å². The van der Waals surface area contributed by atoms with Gasteiger partial charge in [0.2, 0.25) is 0 Å². The summed E-state index contributed by atoms with van der Waals surface area (Å²) in [6.07, 6.45) is 0. The van der Waals surface area contributed by atoms with Gasteiger partial charge in [-0.25, -0.2) is 0 Å². The molecule has 0 saturated carbocycles. The highest BCUT2D eigenvalue weighted by atomic mass is 79.9. The monoisotopic (exact) mass is 419 g/mol. The summed E-state index contributed by atoms with van der Waals surface area (Å²) in [5, 5.41) is 13.7. The van der Waals surface area contributed by atoms with Crippen LogP contribution in [0.15, 0.2) is 39.3 Å². The fourth-order valence-corrected chi connectivity index (χ4v) is 2.61. The van der Waals surface area contributed by atoms with E-state index in [2.05, 4.69) is 37.2 Å². The molecule has 0 radical (unpaired) electrons. The highest BCUT2D eigenvalue weighted by Gasteiger charge is 2.08. The molecule has 0 fully saturated rings. The SMILES string of the molecule is COc1cc(CNc2ccc(Br)c(Cl)c2)cc(Br)c1O. The molecule has 6 heteroatoms. The van der Waals surface area contributed by atoms with E-state index in [0.717, 1.165) is 15.7 Å². The number of halogens is 3. The fourth-order valence-electron chi connectivity index (χ4n) is 1.70. The predicted molar refractivity (Wildman–Crippen MR) is 88.8 cm³/mol. The summed E-state index contributed by atoms with van der Waals surface area (Å²) in [5.41, 5.74) is 1.90. The maximum Gasteiger partial charge on any atom is 0.172 e. The largest absolute Gasteiger partial charge is 0.503 e. The molecule has 2 aromatic rings. The summed E-state index contributed by atoms with van der Waals surface area (Å²) in [4.78, 5) is 0. The number of benzene rings is 2. The molecule has 0 amide bonds. The van der Waals surface area contributed by atoms with Gasteiger partial charge in [-0.1, -0.05) is 11.6 Å². The van der Waals surface area contributed by atoms with E-state index >= 15 is 0 Å². The Kier molecular flexibility index (Phi) is 5.18. The number of nitrogens with one attached hydrogen (secondary N) is 1. The van der Waals surface area contributed by atoms with Crippen molar-refractivity contribution < 1.29 is 9.84 Å². The molecule has 2 N–H and O–H groups in total. The Morgan fingerprint density at radius 3 is 2.60 bits per heavy atom. The first-order valence-electron chi connectivity index (χ1n) is 5.75. The number of hydrogen-bond donors (Lipinski definition) is 2. The molecule has 0 spiro atoms. The van der Waals surface area contributed by atoms with Crippen LogP contribution in [-0.2, 0) is 6.54 Å². The summed E-state index contributed by atoms with van der Waals surface area (Å²) >= 11 is 12.7. The summed E-state index contributed by atoms with van der Waals surface area (Å²) in [5.74, 6) is 0.535. The predicted octanol–water partition coefficient (Wildman–Crippen LogP) is 5.19. The second-order valence-electron chi connectivity index (χ2n) is 4.11. The molecule has 2 rings (SSSR count). The fraction of sp³-hybridized carbons (Fsp3) is 0.143. The van der Waals surface area contributed by atoms with Gasteiger partial charge in [0.05, 0.1) is 16.6 Å². The first-order valence-corrected chi connectivity index (χ1v) is 7.72. The molecule has 0 saturated heterocycles. The van der Waals surface area contributed by atoms with Crippen LogP contribution in [0, 0.1) is 0 Å². The van der Waals surface area contributed by atoms with Crippen molar-refractivity contribution in [2.75, 3.05) is 12.4 Å². The van der Waals surface area contributed by atoms with Gasteiger partial charge in [-0.3, -0.25) is 0 Å². The second-order valence-corrected chi connectivity index (χ2v) is 6.23. The maximum absolute atomic E-state index is 9.76. The summed E-state index contributed by atoms with van der Waals surface area (Å²) in [6.45, 7) is 0.590. The third-order valence-electron chi connectivity index (χ3n) is 2.72. The topological polar surface area (TPSA) is 41.5 Å². The molecule has 0 atom stereocenters. The van der Waals surface area contributed by atoms with E-state index in [4.69, 9.17) is 16.3 Å². The molecule has 2 aromatic carbocycles. The van der Waals surface area contributed by atoms with Crippen molar-refractivity contribution in [3.63, 3.8) is 0 Å². The molecule has 3 nitrogen and oxygen atoms in total. The van der Waals surface area contributed by atoms with Crippen LogP contribution in [-0.4, -0.2) is 12.2 Å². The van der Waals surface area contributed by atoms with E-state index in [-0.39, 0.29) is 5.75 Å². The van der Waals surface area contributed by atoms with E-state index in [1.54, 1.807) is 6.07 Å². The first kappa shape index (κ1) is 15.5. The smallest absolute Gasteiger partial charge is 0.172 e. The highest BCUT2D eigenvalue weighted by molar-refractivity contribution is 9.10. The van der Waals surface area contributed by atoms with Crippen LogP contribution >= 0.6 is 43.5 Å². The standard InChI is InChI=1S/C14H12Br2ClNO2/c1-20-13-5-8(4-11(16)14(13)19)7-18-9-2-3-10(15)12(17)6-9/h2-6,18-19H,7H2,1H3.